The lowest BCUT2D eigenvalue weighted by molar-refractivity contribution is 0.417. The van der Waals surface area contributed by atoms with Crippen LogP contribution in [-0.2, 0) is 0 Å². The molecule has 0 unspecified atom stereocenters. The summed E-state index contributed by atoms with van der Waals surface area (Å²) in [6, 6.07) is 11.6. The van der Waals surface area contributed by atoms with Crippen molar-refractivity contribution in [3.05, 3.63) is 30.6 Å². The number of methoxy groups -OCH3 is 1. The van der Waals surface area contributed by atoms with Crippen molar-refractivity contribution in [1.29, 1.82) is 10.5 Å². The Labute approximate surface area is 146 Å². The second-order valence-corrected chi connectivity index (χ2v) is 5.09. The fraction of sp³-hybridized carbons (Fsp3) is 0.294. The van der Waals surface area contributed by atoms with E-state index in [0.717, 1.165) is 5.69 Å². The van der Waals surface area contributed by atoms with Crippen LogP contribution in [0.1, 0.15) is 12.8 Å². The van der Waals surface area contributed by atoms with Crippen molar-refractivity contribution in [1.82, 2.24) is 9.97 Å². The van der Waals surface area contributed by atoms with Crippen molar-refractivity contribution in [2.45, 2.75) is 12.8 Å². The second-order valence-electron chi connectivity index (χ2n) is 5.09. The number of nitrogen functional groups attached to an aromatic ring is 1. The summed E-state index contributed by atoms with van der Waals surface area (Å²) >= 11 is 0. The Kier molecular flexibility index (Phi) is 6.38. The number of anilines is 4. The second kappa shape index (κ2) is 8.94. The van der Waals surface area contributed by atoms with Gasteiger partial charge >= 0.3 is 0 Å². The normalized spacial score (nSPS) is 9.72. The molecule has 8 heteroatoms. The molecule has 1 aromatic heterocycles. The van der Waals surface area contributed by atoms with Crippen LogP contribution in [0.3, 0.4) is 0 Å². The summed E-state index contributed by atoms with van der Waals surface area (Å²) in [5, 5.41) is 20.8. The van der Waals surface area contributed by atoms with Gasteiger partial charge in [-0.25, -0.2) is 9.97 Å². The van der Waals surface area contributed by atoms with E-state index in [1.807, 2.05) is 29.2 Å². The van der Waals surface area contributed by atoms with Gasteiger partial charge in [-0.05, 0) is 12.1 Å². The quantitative estimate of drug-likeness (QED) is 0.752. The van der Waals surface area contributed by atoms with E-state index in [9.17, 15) is 0 Å². The monoisotopic (exact) mass is 337 g/mol. The number of hydrogen-bond acceptors (Lipinski definition) is 8. The number of nitriles is 2. The first-order valence-corrected chi connectivity index (χ1v) is 7.70. The molecule has 3 N–H and O–H groups in total. The van der Waals surface area contributed by atoms with Gasteiger partial charge < -0.3 is 20.7 Å². The number of aromatic nitrogens is 2. The van der Waals surface area contributed by atoms with Crippen molar-refractivity contribution >= 4 is 23.0 Å². The maximum atomic E-state index is 8.83. The average molecular weight is 337 g/mol. The van der Waals surface area contributed by atoms with Crippen molar-refractivity contribution in [3.8, 4) is 17.9 Å². The van der Waals surface area contributed by atoms with Crippen molar-refractivity contribution in [2.75, 3.05) is 36.1 Å². The van der Waals surface area contributed by atoms with Crippen LogP contribution in [0.2, 0.25) is 0 Å². The molecule has 0 aliphatic rings. The van der Waals surface area contributed by atoms with E-state index >= 15 is 0 Å². The van der Waals surface area contributed by atoms with Crippen LogP contribution in [0.25, 0.3) is 0 Å². The van der Waals surface area contributed by atoms with Gasteiger partial charge in [-0.1, -0.05) is 12.1 Å². The van der Waals surface area contributed by atoms with Crippen LogP contribution in [0.15, 0.2) is 30.6 Å². The van der Waals surface area contributed by atoms with E-state index < -0.39 is 0 Å². The average Bonchev–Trinajstić information content (AvgIpc) is 2.64. The van der Waals surface area contributed by atoms with Crippen LogP contribution < -0.4 is 20.7 Å². The number of nitrogens with two attached hydrogens (primary N) is 1. The van der Waals surface area contributed by atoms with Crippen molar-refractivity contribution in [3.63, 3.8) is 0 Å². The fourth-order valence-corrected chi connectivity index (χ4v) is 2.31. The first-order chi connectivity index (χ1) is 12.2. The molecule has 1 aromatic carbocycles. The molecule has 2 rings (SSSR count). The van der Waals surface area contributed by atoms with E-state index in [4.69, 9.17) is 21.0 Å². The summed E-state index contributed by atoms with van der Waals surface area (Å²) in [7, 11) is 1.58. The predicted molar refractivity (Wildman–Crippen MR) is 95.4 cm³/mol. The first-order valence-electron chi connectivity index (χ1n) is 7.70. The minimum atomic E-state index is 0.310. The highest BCUT2D eigenvalue weighted by atomic mass is 16.5. The number of rotatable bonds is 8. The Morgan fingerprint density at radius 2 is 1.84 bits per heavy atom. The number of nitrogens with zero attached hydrogens (tertiary/aromatic N) is 5. The lowest BCUT2D eigenvalue weighted by Crippen LogP contribution is -2.27. The summed E-state index contributed by atoms with van der Waals surface area (Å²) < 4.78 is 5.31. The molecule has 128 valence electrons. The lowest BCUT2D eigenvalue weighted by atomic mass is 10.2. The molecule has 0 spiro atoms. The maximum Gasteiger partial charge on any atom is 0.159 e. The van der Waals surface area contributed by atoms with Gasteiger partial charge in [-0.2, -0.15) is 10.5 Å². The summed E-state index contributed by atoms with van der Waals surface area (Å²) in [6.45, 7) is 0.876. The zero-order valence-electron chi connectivity index (χ0n) is 13.9. The Bertz CT molecular complexity index is 776. The van der Waals surface area contributed by atoms with Gasteiger partial charge in [0.05, 0.1) is 37.8 Å². The Morgan fingerprint density at radius 1 is 1.16 bits per heavy atom. The molecule has 1 heterocycles. The molecule has 0 aliphatic heterocycles. The smallest absolute Gasteiger partial charge is 0.159 e. The number of benzene rings is 1. The topological polar surface area (TPSA) is 124 Å². The van der Waals surface area contributed by atoms with Crippen molar-refractivity contribution < 1.29 is 4.74 Å². The first kappa shape index (κ1) is 17.8. The molecule has 0 fully saturated rings. The van der Waals surface area contributed by atoms with Crippen LogP contribution >= 0.6 is 0 Å². The van der Waals surface area contributed by atoms with Gasteiger partial charge in [0.2, 0.25) is 0 Å². The summed E-state index contributed by atoms with van der Waals surface area (Å²) in [6.07, 6.45) is 2.02. The van der Waals surface area contributed by atoms with E-state index in [1.165, 1.54) is 6.33 Å². The number of nitrogens with one attached hydrogen (secondary N) is 1. The Morgan fingerprint density at radius 3 is 2.48 bits per heavy atom. The van der Waals surface area contributed by atoms with E-state index in [0.29, 0.717) is 49.0 Å². The molecule has 8 nitrogen and oxygen atoms in total. The predicted octanol–water partition coefficient (Wildman–Crippen LogP) is 2.44. The molecule has 0 saturated carbocycles. The van der Waals surface area contributed by atoms with Gasteiger partial charge in [0.25, 0.3) is 0 Å². The van der Waals surface area contributed by atoms with Crippen LogP contribution in [0.4, 0.5) is 23.0 Å². The third-order valence-electron chi connectivity index (χ3n) is 3.51. The van der Waals surface area contributed by atoms with E-state index in [-0.39, 0.29) is 0 Å². The third kappa shape index (κ3) is 4.49. The molecule has 0 amide bonds. The molecule has 2 aromatic rings. The van der Waals surface area contributed by atoms with Gasteiger partial charge in [-0.3, -0.25) is 0 Å². The van der Waals surface area contributed by atoms with Gasteiger partial charge in [0.1, 0.15) is 17.8 Å². The maximum absolute atomic E-state index is 8.83. The molecular weight excluding hydrogens is 318 g/mol. The van der Waals surface area contributed by atoms with Crippen LogP contribution in [0, 0.1) is 22.7 Å². The zero-order valence-corrected chi connectivity index (χ0v) is 13.9. The highest BCUT2D eigenvalue weighted by molar-refractivity contribution is 5.79. The number of ether oxygens (including phenoxy) is 1. The summed E-state index contributed by atoms with van der Waals surface area (Å²) in [5.74, 6) is 1.60. The molecule has 0 atom stereocenters. The molecule has 0 bridgehead atoms. The molecule has 0 radical (unpaired) electrons. The minimum absolute atomic E-state index is 0.310. The zero-order chi connectivity index (χ0) is 18.1. The largest absolute Gasteiger partial charge is 0.495 e. The van der Waals surface area contributed by atoms with Crippen LogP contribution in [-0.4, -0.2) is 30.2 Å². The SMILES string of the molecule is COc1ccccc1Nc1ncnc(N(CCC#N)CCC#N)c1N. The summed E-state index contributed by atoms with van der Waals surface area (Å²) in [5.41, 5.74) is 7.31. The third-order valence-corrected chi connectivity index (χ3v) is 3.51. The molecule has 0 saturated heterocycles. The Hall–Kier alpha value is -3.52. The highest BCUT2D eigenvalue weighted by Crippen LogP contribution is 2.32. The molecular formula is C17H19N7O. The molecule has 0 aliphatic carbocycles. The lowest BCUT2D eigenvalue weighted by Gasteiger charge is -2.23. The van der Waals surface area contributed by atoms with Gasteiger partial charge in [0, 0.05) is 13.1 Å². The van der Waals surface area contributed by atoms with Crippen molar-refractivity contribution in [2.24, 2.45) is 0 Å². The molecule has 25 heavy (non-hydrogen) atoms. The summed E-state index contributed by atoms with van der Waals surface area (Å²) in [4.78, 5) is 10.2. The number of para-hydroxylation sites is 2. The van der Waals surface area contributed by atoms with E-state index in [1.54, 1.807) is 7.11 Å². The Balaban J connectivity index is 2.31. The number of hydrogen-bond donors (Lipinski definition) is 2. The van der Waals surface area contributed by atoms with Crippen LogP contribution in [0.5, 0.6) is 5.75 Å². The van der Waals surface area contributed by atoms with Gasteiger partial charge in [-0.15, -0.1) is 0 Å². The highest BCUT2D eigenvalue weighted by Gasteiger charge is 2.16. The van der Waals surface area contributed by atoms with Gasteiger partial charge in [0.15, 0.2) is 11.6 Å². The minimum Gasteiger partial charge on any atom is -0.495 e. The standard InChI is InChI=1S/C17H19N7O/c1-25-14-7-3-2-6-13(14)23-16-15(20)17(22-12-21-16)24(10-4-8-18)11-5-9-19/h2-3,6-7,12H,4-5,10-11,20H2,1H3,(H,21,22,23). The fourth-order valence-electron chi connectivity index (χ4n) is 2.31. The van der Waals surface area contributed by atoms with E-state index in [2.05, 4.69) is 27.4 Å².